The Morgan fingerprint density at radius 1 is 1.50 bits per heavy atom. The molecule has 90 valence electrons. The molecule has 0 aliphatic carbocycles. The lowest BCUT2D eigenvalue weighted by Gasteiger charge is -2.17. The van der Waals surface area contributed by atoms with Crippen molar-refractivity contribution in [2.24, 2.45) is 5.41 Å². The Kier molecular flexibility index (Phi) is 4.46. The fraction of sp³-hybridized carbons (Fsp3) is 0.727. The van der Waals surface area contributed by atoms with Crippen molar-refractivity contribution < 1.29 is 4.79 Å². The Morgan fingerprint density at radius 2 is 2.25 bits per heavy atom. The summed E-state index contributed by atoms with van der Waals surface area (Å²) < 4.78 is 0. The molecule has 1 aromatic heterocycles. The van der Waals surface area contributed by atoms with Gasteiger partial charge in [0.25, 0.3) is 0 Å². The third-order valence-corrected chi connectivity index (χ3v) is 2.27. The maximum atomic E-state index is 11.5. The Morgan fingerprint density at radius 3 is 2.81 bits per heavy atom. The van der Waals surface area contributed by atoms with Gasteiger partial charge in [-0.05, 0) is 11.8 Å². The van der Waals surface area contributed by atoms with Crippen LogP contribution in [0.25, 0.3) is 0 Å². The first kappa shape index (κ1) is 12.7. The molecule has 1 rings (SSSR count). The van der Waals surface area contributed by atoms with Crippen LogP contribution < -0.4 is 5.32 Å². The molecule has 0 aliphatic heterocycles. The number of hydrogen-bond donors (Lipinski definition) is 2. The summed E-state index contributed by atoms with van der Waals surface area (Å²) in [5.74, 6) is 0.110. The largest absolute Gasteiger partial charge is 0.356 e. The second-order valence-corrected chi connectivity index (χ2v) is 5.12. The van der Waals surface area contributed by atoms with Gasteiger partial charge >= 0.3 is 0 Å². The molecule has 0 spiro atoms. The SMILES string of the molecule is CC(C)(C)CCC(=O)NCCc1cn[nH]n1. The molecule has 5 heteroatoms. The maximum absolute atomic E-state index is 11.5. The number of amides is 1. The zero-order valence-corrected chi connectivity index (χ0v) is 10.2. The van der Waals surface area contributed by atoms with Crippen molar-refractivity contribution in [3.63, 3.8) is 0 Å². The number of carbonyl (C=O) groups excluding carboxylic acids is 1. The highest BCUT2D eigenvalue weighted by atomic mass is 16.1. The van der Waals surface area contributed by atoms with E-state index < -0.39 is 0 Å². The van der Waals surface area contributed by atoms with Crippen LogP contribution >= 0.6 is 0 Å². The van der Waals surface area contributed by atoms with Crippen LogP contribution in [0, 0.1) is 5.41 Å². The number of rotatable bonds is 5. The van der Waals surface area contributed by atoms with E-state index in [-0.39, 0.29) is 11.3 Å². The lowest BCUT2D eigenvalue weighted by molar-refractivity contribution is -0.121. The summed E-state index contributed by atoms with van der Waals surface area (Å²) >= 11 is 0. The predicted octanol–water partition coefficient (Wildman–Crippen LogP) is 1.29. The monoisotopic (exact) mass is 224 g/mol. The van der Waals surface area contributed by atoms with Gasteiger partial charge in [0.15, 0.2) is 0 Å². The first-order valence-corrected chi connectivity index (χ1v) is 5.59. The van der Waals surface area contributed by atoms with Crippen molar-refractivity contribution in [1.29, 1.82) is 0 Å². The highest BCUT2D eigenvalue weighted by Crippen LogP contribution is 2.20. The van der Waals surface area contributed by atoms with E-state index >= 15 is 0 Å². The molecule has 0 radical (unpaired) electrons. The molecule has 16 heavy (non-hydrogen) atoms. The fourth-order valence-electron chi connectivity index (χ4n) is 1.25. The lowest BCUT2D eigenvalue weighted by Crippen LogP contribution is -2.26. The van der Waals surface area contributed by atoms with Crippen molar-refractivity contribution in [1.82, 2.24) is 20.7 Å². The number of H-pyrrole nitrogens is 1. The maximum Gasteiger partial charge on any atom is 0.220 e. The van der Waals surface area contributed by atoms with E-state index in [0.29, 0.717) is 13.0 Å². The Balaban J connectivity index is 2.11. The van der Waals surface area contributed by atoms with Crippen LogP contribution in [0.1, 0.15) is 39.3 Å². The fourth-order valence-corrected chi connectivity index (χ4v) is 1.25. The van der Waals surface area contributed by atoms with E-state index in [1.807, 2.05) is 0 Å². The standard InChI is InChI=1S/C11H20N4O/c1-11(2,3)6-4-10(16)12-7-5-9-8-13-15-14-9/h8H,4-7H2,1-3H3,(H,12,16)(H,13,14,15). The summed E-state index contributed by atoms with van der Waals surface area (Å²) in [4.78, 5) is 11.5. The van der Waals surface area contributed by atoms with Gasteiger partial charge in [0.05, 0.1) is 11.9 Å². The van der Waals surface area contributed by atoms with Gasteiger partial charge in [-0.25, -0.2) is 0 Å². The van der Waals surface area contributed by atoms with Gasteiger partial charge in [0.2, 0.25) is 5.91 Å². The molecule has 1 heterocycles. The van der Waals surface area contributed by atoms with E-state index in [9.17, 15) is 4.79 Å². The Labute approximate surface area is 96.0 Å². The van der Waals surface area contributed by atoms with Gasteiger partial charge in [-0.3, -0.25) is 4.79 Å². The zero-order valence-electron chi connectivity index (χ0n) is 10.2. The minimum atomic E-state index is 0.110. The van der Waals surface area contributed by atoms with Crippen LogP contribution in [0.5, 0.6) is 0 Å². The molecule has 1 aromatic rings. The molecule has 0 atom stereocenters. The summed E-state index contributed by atoms with van der Waals surface area (Å²) in [5.41, 5.74) is 1.08. The first-order valence-electron chi connectivity index (χ1n) is 5.59. The third kappa shape index (κ3) is 5.48. The second-order valence-electron chi connectivity index (χ2n) is 5.12. The Hall–Kier alpha value is -1.39. The summed E-state index contributed by atoms with van der Waals surface area (Å²) in [6.07, 6.45) is 3.88. The van der Waals surface area contributed by atoms with Crippen molar-refractivity contribution in [3.05, 3.63) is 11.9 Å². The molecule has 0 fully saturated rings. The molecular formula is C11H20N4O. The minimum absolute atomic E-state index is 0.110. The number of nitrogens with zero attached hydrogens (tertiary/aromatic N) is 2. The molecule has 0 unspecified atom stereocenters. The summed E-state index contributed by atoms with van der Waals surface area (Å²) in [6.45, 7) is 7.02. The van der Waals surface area contributed by atoms with Crippen molar-refractivity contribution in [3.8, 4) is 0 Å². The molecular weight excluding hydrogens is 204 g/mol. The van der Waals surface area contributed by atoms with Crippen LogP contribution in [0.2, 0.25) is 0 Å². The van der Waals surface area contributed by atoms with Crippen LogP contribution in [0.3, 0.4) is 0 Å². The highest BCUT2D eigenvalue weighted by Gasteiger charge is 2.12. The molecule has 0 saturated carbocycles. The molecule has 0 aliphatic rings. The van der Waals surface area contributed by atoms with Gasteiger partial charge in [0.1, 0.15) is 0 Å². The average molecular weight is 224 g/mol. The normalized spacial score (nSPS) is 11.4. The van der Waals surface area contributed by atoms with Crippen LogP contribution in [0.4, 0.5) is 0 Å². The smallest absolute Gasteiger partial charge is 0.220 e. The number of nitrogens with one attached hydrogen (secondary N) is 2. The number of aromatic amines is 1. The Bertz CT molecular complexity index is 313. The van der Waals surface area contributed by atoms with Crippen LogP contribution in [-0.2, 0) is 11.2 Å². The van der Waals surface area contributed by atoms with Crippen LogP contribution in [0.15, 0.2) is 6.20 Å². The van der Waals surface area contributed by atoms with Crippen LogP contribution in [-0.4, -0.2) is 27.9 Å². The van der Waals surface area contributed by atoms with Crippen molar-refractivity contribution in [2.75, 3.05) is 6.54 Å². The summed E-state index contributed by atoms with van der Waals surface area (Å²) in [6, 6.07) is 0. The first-order chi connectivity index (χ1) is 7.47. The van der Waals surface area contributed by atoms with E-state index in [1.54, 1.807) is 6.20 Å². The lowest BCUT2D eigenvalue weighted by atomic mass is 9.90. The van der Waals surface area contributed by atoms with Gasteiger partial charge in [-0.15, -0.1) is 0 Å². The third-order valence-electron chi connectivity index (χ3n) is 2.27. The minimum Gasteiger partial charge on any atom is -0.356 e. The average Bonchev–Trinajstić information content (AvgIpc) is 2.66. The topological polar surface area (TPSA) is 70.7 Å². The highest BCUT2D eigenvalue weighted by molar-refractivity contribution is 5.75. The van der Waals surface area contributed by atoms with E-state index in [4.69, 9.17) is 0 Å². The van der Waals surface area contributed by atoms with Gasteiger partial charge < -0.3 is 5.32 Å². The quantitative estimate of drug-likeness (QED) is 0.791. The van der Waals surface area contributed by atoms with Gasteiger partial charge in [-0.1, -0.05) is 20.8 Å². The van der Waals surface area contributed by atoms with E-state index in [1.165, 1.54) is 0 Å². The number of aromatic nitrogens is 3. The summed E-state index contributed by atoms with van der Waals surface area (Å²) in [5, 5.41) is 13.0. The molecule has 0 bridgehead atoms. The number of hydrogen-bond acceptors (Lipinski definition) is 3. The number of carbonyl (C=O) groups is 1. The van der Waals surface area contributed by atoms with Gasteiger partial charge in [0, 0.05) is 19.4 Å². The molecule has 1 amide bonds. The molecule has 5 nitrogen and oxygen atoms in total. The predicted molar refractivity (Wildman–Crippen MR) is 61.8 cm³/mol. The van der Waals surface area contributed by atoms with Crippen molar-refractivity contribution >= 4 is 5.91 Å². The van der Waals surface area contributed by atoms with Gasteiger partial charge in [-0.2, -0.15) is 15.4 Å². The van der Waals surface area contributed by atoms with E-state index in [2.05, 4.69) is 41.5 Å². The molecule has 0 aromatic carbocycles. The molecule has 0 saturated heterocycles. The molecule has 2 N–H and O–H groups in total. The van der Waals surface area contributed by atoms with E-state index in [0.717, 1.165) is 18.5 Å². The van der Waals surface area contributed by atoms with Crippen molar-refractivity contribution in [2.45, 2.75) is 40.0 Å². The second kappa shape index (κ2) is 5.63. The zero-order chi connectivity index (χ0) is 12.0. The summed E-state index contributed by atoms with van der Waals surface area (Å²) in [7, 11) is 0.